The summed E-state index contributed by atoms with van der Waals surface area (Å²) in [5, 5.41) is 0. The van der Waals surface area contributed by atoms with E-state index in [1.165, 1.54) is 0 Å². The van der Waals surface area contributed by atoms with E-state index < -0.39 is 0 Å². The van der Waals surface area contributed by atoms with Gasteiger partial charge in [0.1, 0.15) is 11.2 Å². The molecule has 0 unspecified atom stereocenters. The van der Waals surface area contributed by atoms with Crippen LogP contribution in [0.3, 0.4) is 0 Å². The summed E-state index contributed by atoms with van der Waals surface area (Å²) in [5.41, 5.74) is 1.63. The van der Waals surface area contributed by atoms with E-state index in [0.717, 1.165) is 11.2 Å². The molecular weight excluding hydrogens is 232 g/mol. The Morgan fingerprint density at radius 1 is 1.12 bits per heavy atom. The van der Waals surface area contributed by atoms with Crippen LogP contribution in [-0.4, -0.2) is 19.5 Å². The van der Waals surface area contributed by atoms with Gasteiger partial charge in [-0.15, -0.1) is 0 Å². The third-order valence-corrected chi connectivity index (χ3v) is 2.95. The highest BCUT2D eigenvalue weighted by Crippen LogP contribution is 2.19. The van der Waals surface area contributed by atoms with Gasteiger partial charge < -0.3 is 9.55 Å². The van der Waals surface area contributed by atoms with Crippen molar-refractivity contribution in [1.82, 2.24) is 19.5 Å². The number of nitrogens with one attached hydrogen (secondary N) is 1. The molecule has 0 bridgehead atoms. The summed E-state index contributed by atoms with van der Waals surface area (Å²) in [6.45, 7) is 0. The maximum Gasteiger partial charge on any atom is 0.157 e. The van der Waals surface area contributed by atoms with Crippen molar-refractivity contribution in [3.63, 3.8) is 0 Å². The number of H-pyrrole nitrogens is 1. The summed E-state index contributed by atoms with van der Waals surface area (Å²) in [6, 6.07) is 0.142. The topological polar surface area (TPSA) is 46.5 Å². The van der Waals surface area contributed by atoms with E-state index in [0.29, 0.717) is 4.64 Å². The fraction of sp³-hybridized carbons (Fsp3) is 0.0833. The second-order valence-electron chi connectivity index (χ2n) is 3.70. The minimum absolute atomic E-state index is 0.142. The molecular formula is C12H10N4S. The average Bonchev–Trinajstić information content (AvgIpc) is 2.59. The number of allylic oxidation sites excluding steroid dienone is 6. The molecule has 0 spiro atoms. The molecule has 84 valence electrons. The van der Waals surface area contributed by atoms with Gasteiger partial charge in [0.05, 0.1) is 18.7 Å². The van der Waals surface area contributed by atoms with Crippen molar-refractivity contribution in [2.75, 3.05) is 0 Å². The number of rotatable bonds is 1. The molecule has 17 heavy (non-hydrogen) atoms. The van der Waals surface area contributed by atoms with E-state index in [-0.39, 0.29) is 6.04 Å². The molecule has 0 atom stereocenters. The summed E-state index contributed by atoms with van der Waals surface area (Å²) >= 11 is 5.14. The highest BCUT2D eigenvalue weighted by atomic mass is 32.1. The molecule has 0 amide bonds. The van der Waals surface area contributed by atoms with Crippen LogP contribution in [0.2, 0.25) is 0 Å². The fourth-order valence-corrected chi connectivity index (χ4v) is 2.04. The lowest BCUT2D eigenvalue weighted by molar-refractivity contribution is 0.737. The predicted octanol–water partition coefficient (Wildman–Crippen LogP) is 2.71. The van der Waals surface area contributed by atoms with E-state index >= 15 is 0 Å². The van der Waals surface area contributed by atoms with Crippen LogP contribution in [-0.2, 0) is 0 Å². The summed E-state index contributed by atoms with van der Waals surface area (Å²) in [4.78, 5) is 11.4. The third-order valence-electron chi connectivity index (χ3n) is 2.65. The highest BCUT2D eigenvalue weighted by molar-refractivity contribution is 7.71. The van der Waals surface area contributed by atoms with Crippen LogP contribution < -0.4 is 0 Å². The molecule has 1 aliphatic rings. The van der Waals surface area contributed by atoms with Gasteiger partial charge in [0.25, 0.3) is 0 Å². The first-order valence-corrected chi connectivity index (χ1v) is 5.69. The Morgan fingerprint density at radius 3 is 2.65 bits per heavy atom. The maximum atomic E-state index is 5.14. The molecule has 0 saturated carbocycles. The molecule has 0 radical (unpaired) electrons. The van der Waals surface area contributed by atoms with Crippen molar-refractivity contribution < 1.29 is 0 Å². The fourth-order valence-electron chi connectivity index (χ4n) is 1.83. The molecule has 1 aliphatic carbocycles. The molecule has 3 rings (SSSR count). The predicted molar refractivity (Wildman–Crippen MR) is 69.2 cm³/mol. The number of aromatic amines is 1. The standard InChI is InChI=1S/C12H10N4S/c17-12-10-11(13-7-14-12)16(8-15-10)9-5-3-1-2-4-6-9/h1-9H,(H,13,14,17). The number of fused-ring (bicyclic) bond motifs is 1. The minimum atomic E-state index is 0.142. The molecule has 2 heterocycles. The second-order valence-corrected chi connectivity index (χ2v) is 4.09. The van der Waals surface area contributed by atoms with Gasteiger partial charge in [-0.25, -0.2) is 9.97 Å². The monoisotopic (exact) mass is 242 g/mol. The van der Waals surface area contributed by atoms with Crippen LogP contribution in [0.1, 0.15) is 6.04 Å². The van der Waals surface area contributed by atoms with Crippen LogP contribution >= 0.6 is 12.2 Å². The summed E-state index contributed by atoms with van der Waals surface area (Å²) in [6.07, 6.45) is 15.6. The van der Waals surface area contributed by atoms with Crippen molar-refractivity contribution in [1.29, 1.82) is 0 Å². The van der Waals surface area contributed by atoms with Crippen molar-refractivity contribution in [2.45, 2.75) is 6.04 Å². The number of imidazole rings is 1. The van der Waals surface area contributed by atoms with Gasteiger partial charge in [0.15, 0.2) is 4.64 Å². The molecule has 4 nitrogen and oxygen atoms in total. The number of nitrogens with zero attached hydrogens (tertiary/aromatic N) is 3. The molecule has 2 aromatic rings. The SMILES string of the molecule is S=c1nc[nH]c2c1ncn2C1C=CC=CC=C1. The molecule has 5 heteroatoms. The Morgan fingerprint density at radius 2 is 1.88 bits per heavy atom. The second kappa shape index (κ2) is 4.10. The quantitative estimate of drug-likeness (QED) is 0.782. The van der Waals surface area contributed by atoms with Crippen LogP contribution in [0.4, 0.5) is 0 Å². The van der Waals surface area contributed by atoms with Crippen molar-refractivity contribution in [3.05, 3.63) is 53.8 Å². The Kier molecular flexibility index (Phi) is 2.45. The Labute approximate surface area is 103 Å². The van der Waals surface area contributed by atoms with Crippen LogP contribution in [0.15, 0.2) is 49.1 Å². The largest absolute Gasteiger partial charge is 0.330 e. The Bertz CT molecular complexity index is 674. The lowest BCUT2D eigenvalue weighted by Crippen LogP contribution is -2.02. The van der Waals surface area contributed by atoms with E-state index in [1.54, 1.807) is 12.7 Å². The first-order chi connectivity index (χ1) is 8.36. The molecule has 0 aromatic carbocycles. The smallest absolute Gasteiger partial charge is 0.157 e. The van der Waals surface area contributed by atoms with E-state index in [1.807, 2.05) is 28.9 Å². The van der Waals surface area contributed by atoms with E-state index in [4.69, 9.17) is 12.2 Å². The molecule has 2 aromatic heterocycles. The van der Waals surface area contributed by atoms with Crippen LogP contribution in [0.5, 0.6) is 0 Å². The summed E-state index contributed by atoms with van der Waals surface area (Å²) in [5.74, 6) is 0. The summed E-state index contributed by atoms with van der Waals surface area (Å²) in [7, 11) is 0. The van der Waals surface area contributed by atoms with E-state index in [9.17, 15) is 0 Å². The molecule has 1 N–H and O–H groups in total. The Hall–Kier alpha value is -2.01. The van der Waals surface area contributed by atoms with Gasteiger partial charge >= 0.3 is 0 Å². The third kappa shape index (κ3) is 1.74. The minimum Gasteiger partial charge on any atom is -0.330 e. The number of hydrogen-bond acceptors (Lipinski definition) is 3. The highest BCUT2D eigenvalue weighted by Gasteiger charge is 2.10. The van der Waals surface area contributed by atoms with Crippen LogP contribution in [0, 0.1) is 4.64 Å². The van der Waals surface area contributed by atoms with Gasteiger partial charge in [0, 0.05) is 0 Å². The number of hydrogen-bond donors (Lipinski definition) is 1. The lowest BCUT2D eigenvalue weighted by Gasteiger charge is -2.09. The van der Waals surface area contributed by atoms with Gasteiger partial charge in [-0.3, -0.25) is 0 Å². The molecule has 0 aliphatic heterocycles. The van der Waals surface area contributed by atoms with Crippen molar-refractivity contribution in [3.8, 4) is 0 Å². The van der Waals surface area contributed by atoms with Crippen molar-refractivity contribution >= 4 is 23.4 Å². The first-order valence-electron chi connectivity index (χ1n) is 5.28. The number of aromatic nitrogens is 4. The zero-order valence-corrected chi connectivity index (χ0v) is 9.76. The maximum absolute atomic E-state index is 5.14. The zero-order chi connectivity index (χ0) is 11.7. The zero-order valence-electron chi connectivity index (χ0n) is 8.95. The van der Waals surface area contributed by atoms with Crippen LogP contribution in [0.25, 0.3) is 11.2 Å². The first kappa shape index (κ1) is 10.2. The molecule has 0 saturated heterocycles. The van der Waals surface area contributed by atoms with Gasteiger partial charge in [-0.2, -0.15) is 0 Å². The van der Waals surface area contributed by atoms with E-state index in [2.05, 4.69) is 27.1 Å². The average molecular weight is 242 g/mol. The normalized spacial score (nSPS) is 15.5. The lowest BCUT2D eigenvalue weighted by atomic mass is 10.2. The van der Waals surface area contributed by atoms with Gasteiger partial charge in [-0.1, -0.05) is 48.7 Å². The Balaban J connectivity index is 2.18. The summed E-state index contributed by atoms with van der Waals surface area (Å²) < 4.78 is 2.56. The van der Waals surface area contributed by atoms with Gasteiger partial charge in [0.2, 0.25) is 0 Å². The van der Waals surface area contributed by atoms with Crippen molar-refractivity contribution in [2.24, 2.45) is 0 Å². The van der Waals surface area contributed by atoms with Gasteiger partial charge in [-0.05, 0) is 0 Å². The molecule has 0 fully saturated rings.